The summed E-state index contributed by atoms with van der Waals surface area (Å²) in [5.74, 6) is -0.619. The van der Waals surface area contributed by atoms with Gasteiger partial charge >= 0.3 is 6.61 Å². The zero-order valence-corrected chi connectivity index (χ0v) is 12.6. The molecule has 0 atom stereocenters. The van der Waals surface area contributed by atoms with Gasteiger partial charge in [-0.1, -0.05) is 36.4 Å². The Morgan fingerprint density at radius 1 is 1.13 bits per heavy atom. The number of amides is 1. The average Bonchev–Trinajstić information content (AvgIpc) is 2.53. The van der Waals surface area contributed by atoms with Gasteiger partial charge in [0.25, 0.3) is 5.91 Å². The molecule has 2 rings (SSSR count). The highest BCUT2D eigenvalue weighted by Crippen LogP contribution is 2.20. The van der Waals surface area contributed by atoms with Crippen LogP contribution in [0.1, 0.15) is 21.5 Å². The molecule has 6 heteroatoms. The SMILES string of the molecule is COCc1cccc(CNC(=O)c2ccccc2OC(F)F)c1. The summed E-state index contributed by atoms with van der Waals surface area (Å²) in [6.07, 6.45) is 0. The molecule has 0 saturated heterocycles. The molecule has 0 heterocycles. The second kappa shape index (κ2) is 8.24. The molecule has 0 spiro atoms. The maximum atomic E-state index is 12.4. The number of para-hydroxylation sites is 1. The molecule has 0 unspecified atom stereocenters. The highest BCUT2D eigenvalue weighted by molar-refractivity contribution is 5.96. The van der Waals surface area contributed by atoms with E-state index in [4.69, 9.17) is 4.74 Å². The van der Waals surface area contributed by atoms with E-state index < -0.39 is 12.5 Å². The summed E-state index contributed by atoms with van der Waals surface area (Å²) >= 11 is 0. The van der Waals surface area contributed by atoms with Crippen LogP contribution in [0.3, 0.4) is 0 Å². The number of hydrogen-bond donors (Lipinski definition) is 1. The molecule has 0 fully saturated rings. The first-order valence-electron chi connectivity index (χ1n) is 6.99. The number of alkyl halides is 2. The Labute approximate surface area is 133 Å². The van der Waals surface area contributed by atoms with Gasteiger partial charge in [-0.05, 0) is 23.3 Å². The zero-order chi connectivity index (χ0) is 16.7. The van der Waals surface area contributed by atoms with Crippen molar-refractivity contribution < 1.29 is 23.0 Å². The van der Waals surface area contributed by atoms with Crippen LogP contribution in [-0.4, -0.2) is 19.6 Å². The van der Waals surface area contributed by atoms with Gasteiger partial charge in [-0.2, -0.15) is 8.78 Å². The molecule has 4 nitrogen and oxygen atoms in total. The minimum Gasteiger partial charge on any atom is -0.434 e. The number of rotatable bonds is 7. The van der Waals surface area contributed by atoms with Gasteiger partial charge in [0.15, 0.2) is 0 Å². The van der Waals surface area contributed by atoms with E-state index in [0.717, 1.165) is 11.1 Å². The topological polar surface area (TPSA) is 47.6 Å². The molecule has 2 aromatic carbocycles. The molecule has 122 valence electrons. The monoisotopic (exact) mass is 321 g/mol. The van der Waals surface area contributed by atoms with Gasteiger partial charge in [0.2, 0.25) is 0 Å². The molecule has 0 aromatic heterocycles. The third-order valence-corrected chi connectivity index (χ3v) is 3.10. The summed E-state index contributed by atoms with van der Waals surface area (Å²) in [6.45, 7) is -2.22. The molecular formula is C17H17F2NO3. The smallest absolute Gasteiger partial charge is 0.387 e. The summed E-state index contributed by atoms with van der Waals surface area (Å²) in [5, 5.41) is 2.69. The van der Waals surface area contributed by atoms with E-state index in [9.17, 15) is 13.6 Å². The molecule has 0 aliphatic heterocycles. The Balaban J connectivity index is 2.04. The van der Waals surface area contributed by atoms with E-state index in [-0.39, 0.29) is 17.9 Å². The second-order valence-corrected chi connectivity index (χ2v) is 4.81. The van der Waals surface area contributed by atoms with Crippen LogP contribution < -0.4 is 10.1 Å². The molecule has 0 bridgehead atoms. The lowest BCUT2D eigenvalue weighted by Gasteiger charge is -2.11. The predicted octanol–water partition coefficient (Wildman–Crippen LogP) is 3.36. The normalized spacial score (nSPS) is 10.6. The molecule has 0 saturated carbocycles. The van der Waals surface area contributed by atoms with Crippen LogP contribution >= 0.6 is 0 Å². The molecule has 0 aliphatic carbocycles. The molecule has 0 radical (unpaired) electrons. The van der Waals surface area contributed by atoms with E-state index in [1.165, 1.54) is 18.2 Å². The first-order chi connectivity index (χ1) is 11.1. The van der Waals surface area contributed by atoms with E-state index in [2.05, 4.69) is 10.1 Å². The summed E-state index contributed by atoms with van der Waals surface area (Å²) in [5.41, 5.74) is 1.95. The fourth-order valence-electron chi connectivity index (χ4n) is 2.13. The lowest BCUT2D eigenvalue weighted by molar-refractivity contribution is -0.0501. The highest BCUT2D eigenvalue weighted by atomic mass is 19.3. The number of nitrogens with one attached hydrogen (secondary N) is 1. The van der Waals surface area contributed by atoms with E-state index in [1.807, 2.05) is 24.3 Å². The van der Waals surface area contributed by atoms with E-state index in [1.54, 1.807) is 13.2 Å². The van der Waals surface area contributed by atoms with Crippen molar-refractivity contribution in [1.82, 2.24) is 5.32 Å². The van der Waals surface area contributed by atoms with Gasteiger partial charge in [-0.25, -0.2) is 0 Å². The van der Waals surface area contributed by atoms with Crippen LogP contribution in [0.4, 0.5) is 8.78 Å². The van der Waals surface area contributed by atoms with E-state index >= 15 is 0 Å². The summed E-state index contributed by atoms with van der Waals surface area (Å²) in [4.78, 5) is 12.2. The van der Waals surface area contributed by atoms with Crippen molar-refractivity contribution in [1.29, 1.82) is 0 Å². The Morgan fingerprint density at radius 2 is 1.87 bits per heavy atom. The minimum atomic E-state index is -2.98. The maximum absolute atomic E-state index is 12.4. The van der Waals surface area contributed by atoms with Gasteiger partial charge in [-0.15, -0.1) is 0 Å². The highest BCUT2D eigenvalue weighted by Gasteiger charge is 2.14. The molecule has 2 aromatic rings. The van der Waals surface area contributed by atoms with Gasteiger partial charge in [0.1, 0.15) is 5.75 Å². The number of benzene rings is 2. The van der Waals surface area contributed by atoms with Crippen molar-refractivity contribution in [2.24, 2.45) is 0 Å². The average molecular weight is 321 g/mol. The molecule has 23 heavy (non-hydrogen) atoms. The fraction of sp³-hybridized carbons (Fsp3) is 0.235. The largest absolute Gasteiger partial charge is 0.434 e. The minimum absolute atomic E-state index is 0.0702. The number of hydrogen-bond acceptors (Lipinski definition) is 3. The van der Waals surface area contributed by atoms with Crippen LogP contribution in [0, 0.1) is 0 Å². The van der Waals surface area contributed by atoms with Gasteiger partial charge in [0.05, 0.1) is 12.2 Å². The van der Waals surface area contributed by atoms with Crippen molar-refractivity contribution >= 4 is 5.91 Å². The van der Waals surface area contributed by atoms with Gasteiger partial charge in [-0.3, -0.25) is 4.79 Å². The van der Waals surface area contributed by atoms with Crippen molar-refractivity contribution in [3.63, 3.8) is 0 Å². The quantitative estimate of drug-likeness (QED) is 0.850. The van der Waals surface area contributed by atoms with Crippen molar-refractivity contribution in [3.05, 3.63) is 65.2 Å². The number of halogens is 2. The Kier molecular flexibility index (Phi) is 6.05. The Bertz CT molecular complexity index is 662. The molecule has 1 N–H and O–H groups in total. The van der Waals surface area contributed by atoms with Crippen molar-refractivity contribution in [2.45, 2.75) is 19.8 Å². The standard InChI is InChI=1S/C17H17F2NO3/c1-22-11-13-6-4-5-12(9-13)10-20-16(21)14-7-2-3-8-15(14)23-17(18)19/h2-9,17H,10-11H2,1H3,(H,20,21). The van der Waals surface area contributed by atoms with E-state index in [0.29, 0.717) is 6.61 Å². The van der Waals surface area contributed by atoms with Crippen LogP contribution in [-0.2, 0) is 17.9 Å². The predicted molar refractivity (Wildman–Crippen MR) is 81.4 cm³/mol. The first kappa shape index (κ1) is 16.9. The fourth-order valence-corrected chi connectivity index (χ4v) is 2.13. The van der Waals surface area contributed by atoms with Crippen molar-refractivity contribution in [2.75, 3.05) is 7.11 Å². The summed E-state index contributed by atoms with van der Waals surface area (Å²) < 4.78 is 34.1. The Morgan fingerprint density at radius 3 is 2.61 bits per heavy atom. The second-order valence-electron chi connectivity index (χ2n) is 4.81. The van der Waals surface area contributed by atoms with Crippen molar-refractivity contribution in [3.8, 4) is 5.75 Å². The Hall–Kier alpha value is -2.47. The number of ether oxygens (including phenoxy) is 2. The zero-order valence-electron chi connectivity index (χ0n) is 12.6. The lowest BCUT2D eigenvalue weighted by atomic mass is 10.1. The number of carbonyl (C=O) groups excluding carboxylic acids is 1. The molecular weight excluding hydrogens is 304 g/mol. The van der Waals surface area contributed by atoms with Crippen LogP contribution in [0.5, 0.6) is 5.75 Å². The molecule has 1 amide bonds. The summed E-state index contributed by atoms with van der Waals surface area (Å²) in [7, 11) is 1.61. The first-order valence-corrected chi connectivity index (χ1v) is 6.99. The third-order valence-electron chi connectivity index (χ3n) is 3.10. The third kappa shape index (κ3) is 5.03. The maximum Gasteiger partial charge on any atom is 0.387 e. The molecule has 0 aliphatic rings. The van der Waals surface area contributed by atoms with Crippen LogP contribution in [0.25, 0.3) is 0 Å². The number of carbonyl (C=O) groups is 1. The summed E-state index contributed by atoms with van der Waals surface area (Å²) in [6, 6.07) is 13.4. The number of methoxy groups -OCH3 is 1. The van der Waals surface area contributed by atoms with Gasteiger partial charge < -0.3 is 14.8 Å². The lowest BCUT2D eigenvalue weighted by Crippen LogP contribution is -2.23. The van der Waals surface area contributed by atoms with Crippen LogP contribution in [0.15, 0.2) is 48.5 Å². The van der Waals surface area contributed by atoms with Crippen LogP contribution in [0.2, 0.25) is 0 Å². The van der Waals surface area contributed by atoms with Gasteiger partial charge in [0, 0.05) is 13.7 Å².